The van der Waals surface area contributed by atoms with Gasteiger partial charge in [-0.3, -0.25) is 4.79 Å². The van der Waals surface area contributed by atoms with Gasteiger partial charge in [0, 0.05) is 5.92 Å². The zero-order chi connectivity index (χ0) is 6.85. The number of hydrogen-bond acceptors (Lipinski definition) is 4. The van der Waals surface area contributed by atoms with E-state index in [-0.39, 0.29) is 17.0 Å². The Hall–Kier alpha value is -0.140. The van der Waals surface area contributed by atoms with E-state index in [1.165, 1.54) is 0 Å². The highest BCUT2D eigenvalue weighted by Crippen LogP contribution is 2.41. The number of rotatable bonds is 1. The first kappa shape index (κ1) is 6.97. The lowest BCUT2D eigenvalue weighted by Gasteiger charge is -1.84. The SMILES string of the molecule is N#CC1CC1C(=O)SS. The molecule has 0 N–H and O–H groups in total. The summed E-state index contributed by atoms with van der Waals surface area (Å²) in [5.41, 5.74) is 0. The van der Waals surface area contributed by atoms with Crippen LogP contribution in [0.15, 0.2) is 0 Å². The van der Waals surface area contributed by atoms with Gasteiger partial charge in [-0.25, -0.2) is 0 Å². The second-order valence-electron chi connectivity index (χ2n) is 1.99. The summed E-state index contributed by atoms with van der Waals surface area (Å²) in [5, 5.41) is 8.32. The van der Waals surface area contributed by atoms with Gasteiger partial charge in [-0.05, 0) is 17.2 Å². The molecule has 2 nitrogen and oxygen atoms in total. The number of hydrogen-bond donors (Lipinski definition) is 1. The minimum Gasteiger partial charge on any atom is -0.286 e. The van der Waals surface area contributed by atoms with Gasteiger partial charge in [0.25, 0.3) is 0 Å². The molecule has 48 valence electrons. The molecule has 0 aromatic rings. The fourth-order valence-electron chi connectivity index (χ4n) is 0.666. The van der Waals surface area contributed by atoms with Crippen molar-refractivity contribution in [2.45, 2.75) is 6.42 Å². The van der Waals surface area contributed by atoms with Gasteiger partial charge in [-0.1, -0.05) is 0 Å². The molecular formula is C5H5NOS2. The Kier molecular flexibility index (Phi) is 2.04. The van der Waals surface area contributed by atoms with Crippen molar-refractivity contribution in [1.82, 2.24) is 0 Å². The molecule has 1 aliphatic rings. The quantitative estimate of drug-likeness (QED) is 0.462. The summed E-state index contributed by atoms with van der Waals surface area (Å²) >= 11 is 3.73. The first-order valence-electron chi connectivity index (χ1n) is 2.54. The fourth-order valence-corrected chi connectivity index (χ4v) is 1.47. The van der Waals surface area contributed by atoms with Crippen molar-refractivity contribution in [3.8, 4) is 6.07 Å². The molecule has 0 aliphatic heterocycles. The Morgan fingerprint density at radius 3 is 2.89 bits per heavy atom. The summed E-state index contributed by atoms with van der Waals surface area (Å²) in [5.74, 6) is -0.0327. The Labute approximate surface area is 62.4 Å². The lowest BCUT2D eigenvalue weighted by atomic mass is 10.4. The summed E-state index contributed by atoms with van der Waals surface area (Å²) in [6, 6.07) is 2.04. The summed E-state index contributed by atoms with van der Waals surface area (Å²) in [6.07, 6.45) is 0.739. The number of carbonyl (C=O) groups excluding carboxylic acids is 1. The maximum absolute atomic E-state index is 10.7. The number of nitrogens with zero attached hydrogens (tertiary/aromatic N) is 1. The fraction of sp³-hybridized carbons (Fsp3) is 0.600. The zero-order valence-corrected chi connectivity index (χ0v) is 6.28. The third-order valence-corrected chi connectivity index (χ3v) is 2.37. The molecule has 1 aliphatic carbocycles. The highest BCUT2D eigenvalue weighted by Gasteiger charge is 2.42. The van der Waals surface area contributed by atoms with E-state index in [9.17, 15) is 4.79 Å². The minimum absolute atomic E-state index is 0.0162. The molecule has 0 bridgehead atoms. The van der Waals surface area contributed by atoms with Crippen LogP contribution in [-0.4, -0.2) is 5.12 Å². The van der Waals surface area contributed by atoms with Crippen molar-refractivity contribution in [1.29, 1.82) is 5.26 Å². The molecule has 0 heterocycles. The van der Waals surface area contributed by atoms with Crippen LogP contribution in [0.3, 0.4) is 0 Å². The van der Waals surface area contributed by atoms with Crippen LogP contribution < -0.4 is 0 Å². The van der Waals surface area contributed by atoms with E-state index in [1.807, 2.05) is 6.07 Å². The molecule has 0 aromatic heterocycles. The highest BCUT2D eigenvalue weighted by molar-refractivity contribution is 8.74. The average molecular weight is 159 g/mol. The number of thiol groups is 1. The van der Waals surface area contributed by atoms with Crippen LogP contribution in [-0.2, 0) is 4.79 Å². The summed E-state index contributed by atoms with van der Waals surface area (Å²) in [4.78, 5) is 10.7. The Balaban J connectivity index is 2.36. The van der Waals surface area contributed by atoms with E-state index in [2.05, 4.69) is 11.7 Å². The molecular weight excluding hydrogens is 154 g/mol. The lowest BCUT2D eigenvalue weighted by Crippen LogP contribution is -1.91. The monoisotopic (exact) mass is 159 g/mol. The van der Waals surface area contributed by atoms with Crippen LogP contribution >= 0.6 is 22.5 Å². The molecule has 0 saturated heterocycles. The Morgan fingerprint density at radius 1 is 1.89 bits per heavy atom. The number of nitriles is 1. The van der Waals surface area contributed by atoms with Crippen LogP contribution in [0.4, 0.5) is 0 Å². The first-order chi connectivity index (χ1) is 4.29. The predicted octanol–water partition coefficient (Wildman–Crippen LogP) is 1.25. The van der Waals surface area contributed by atoms with Gasteiger partial charge in [0.2, 0.25) is 5.12 Å². The molecule has 1 saturated carbocycles. The van der Waals surface area contributed by atoms with Crippen LogP contribution in [0.1, 0.15) is 6.42 Å². The summed E-state index contributed by atoms with van der Waals surface area (Å²) in [6.45, 7) is 0. The average Bonchev–Trinajstić information content (AvgIpc) is 2.64. The van der Waals surface area contributed by atoms with Gasteiger partial charge in [-0.2, -0.15) is 5.26 Å². The maximum Gasteiger partial charge on any atom is 0.203 e. The van der Waals surface area contributed by atoms with E-state index in [1.54, 1.807) is 0 Å². The van der Waals surface area contributed by atoms with Crippen molar-refractivity contribution in [2.75, 3.05) is 0 Å². The van der Waals surface area contributed by atoms with Crippen molar-refractivity contribution < 1.29 is 4.79 Å². The molecule has 0 aromatic carbocycles. The molecule has 0 radical (unpaired) electrons. The molecule has 2 atom stereocenters. The van der Waals surface area contributed by atoms with Gasteiger partial charge >= 0.3 is 0 Å². The van der Waals surface area contributed by atoms with Crippen LogP contribution in [0, 0.1) is 23.2 Å². The third-order valence-electron chi connectivity index (χ3n) is 1.35. The molecule has 0 spiro atoms. The first-order valence-corrected chi connectivity index (χ1v) is 4.41. The molecule has 0 amide bonds. The Morgan fingerprint density at radius 2 is 2.56 bits per heavy atom. The van der Waals surface area contributed by atoms with Crippen molar-refractivity contribution in [3.05, 3.63) is 0 Å². The maximum atomic E-state index is 10.7. The Bertz CT molecular complexity index is 174. The third kappa shape index (κ3) is 1.41. The van der Waals surface area contributed by atoms with Crippen LogP contribution in [0.2, 0.25) is 0 Å². The second kappa shape index (κ2) is 2.63. The summed E-state index contributed by atoms with van der Waals surface area (Å²) in [7, 11) is 0.919. The molecule has 9 heavy (non-hydrogen) atoms. The van der Waals surface area contributed by atoms with Gasteiger partial charge in [0.1, 0.15) is 0 Å². The van der Waals surface area contributed by atoms with Crippen LogP contribution in [0.5, 0.6) is 0 Å². The normalized spacial score (nSPS) is 31.1. The van der Waals surface area contributed by atoms with E-state index >= 15 is 0 Å². The molecule has 1 fully saturated rings. The molecule has 1 rings (SSSR count). The standard InChI is InChI=1S/C5H5NOS2/c6-2-3-1-4(3)5(7)9-8/h3-4,8H,1H2. The van der Waals surface area contributed by atoms with E-state index < -0.39 is 0 Å². The van der Waals surface area contributed by atoms with Gasteiger partial charge < -0.3 is 0 Å². The topological polar surface area (TPSA) is 40.9 Å². The molecule has 4 heteroatoms. The van der Waals surface area contributed by atoms with Crippen LogP contribution in [0.25, 0.3) is 0 Å². The lowest BCUT2D eigenvalue weighted by molar-refractivity contribution is -0.112. The van der Waals surface area contributed by atoms with Crippen molar-refractivity contribution in [2.24, 2.45) is 11.8 Å². The van der Waals surface area contributed by atoms with Crippen molar-refractivity contribution >= 4 is 27.6 Å². The highest BCUT2D eigenvalue weighted by atomic mass is 33.1. The minimum atomic E-state index is -0.0165. The smallest absolute Gasteiger partial charge is 0.203 e. The van der Waals surface area contributed by atoms with E-state index in [0.717, 1.165) is 17.2 Å². The van der Waals surface area contributed by atoms with Gasteiger partial charge in [0.15, 0.2) is 0 Å². The van der Waals surface area contributed by atoms with Gasteiger partial charge in [0.05, 0.1) is 12.0 Å². The second-order valence-corrected chi connectivity index (χ2v) is 3.12. The molecule has 2 unspecified atom stereocenters. The largest absolute Gasteiger partial charge is 0.286 e. The van der Waals surface area contributed by atoms with E-state index in [4.69, 9.17) is 5.26 Å². The van der Waals surface area contributed by atoms with Crippen molar-refractivity contribution in [3.63, 3.8) is 0 Å². The zero-order valence-electron chi connectivity index (χ0n) is 4.57. The predicted molar refractivity (Wildman–Crippen MR) is 38.8 cm³/mol. The van der Waals surface area contributed by atoms with E-state index in [0.29, 0.717) is 0 Å². The van der Waals surface area contributed by atoms with Gasteiger partial charge in [-0.15, -0.1) is 11.7 Å². The number of carbonyl (C=O) groups is 1. The summed E-state index contributed by atoms with van der Waals surface area (Å²) < 4.78 is 0.